The topological polar surface area (TPSA) is 26.3 Å². The van der Waals surface area contributed by atoms with Crippen LogP contribution in [0.1, 0.15) is 18.4 Å². The zero-order valence-corrected chi connectivity index (χ0v) is 11.4. The van der Waals surface area contributed by atoms with Gasteiger partial charge < -0.3 is 4.74 Å². The van der Waals surface area contributed by atoms with E-state index in [9.17, 15) is 4.79 Å². The first-order valence-electron chi connectivity index (χ1n) is 6.51. The van der Waals surface area contributed by atoms with Gasteiger partial charge in [0.25, 0.3) is 0 Å². The summed E-state index contributed by atoms with van der Waals surface area (Å²) in [7, 11) is 1.39. The Bertz CT molecular complexity index is 633. The van der Waals surface area contributed by atoms with Crippen molar-refractivity contribution in [2.24, 2.45) is 0 Å². The minimum absolute atomic E-state index is 0.226. The third kappa shape index (κ3) is 3.73. The molecule has 2 rings (SSSR count). The zero-order chi connectivity index (χ0) is 14.2. The van der Waals surface area contributed by atoms with E-state index in [4.69, 9.17) is 0 Å². The summed E-state index contributed by atoms with van der Waals surface area (Å²) >= 11 is 0. The van der Waals surface area contributed by atoms with Crippen molar-refractivity contribution in [3.63, 3.8) is 0 Å². The van der Waals surface area contributed by atoms with Crippen LogP contribution in [0, 0.1) is 11.8 Å². The third-order valence-electron chi connectivity index (χ3n) is 2.92. The van der Waals surface area contributed by atoms with Gasteiger partial charge in [0.15, 0.2) is 0 Å². The SMILES string of the molecule is COC(=O)CCC#Cc1ccccc1-c1ccccc1. The number of carbonyl (C=O) groups excluding carboxylic acids is 1. The molecule has 0 aliphatic carbocycles. The van der Waals surface area contributed by atoms with Crippen molar-refractivity contribution in [2.75, 3.05) is 7.11 Å². The molecular formula is C18H16O2. The molecule has 0 saturated carbocycles. The number of benzene rings is 2. The minimum atomic E-state index is -0.226. The van der Waals surface area contributed by atoms with Crippen molar-refractivity contribution >= 4 is 5.97 Å². The number of esters is 1. The highest BCUT2D eigenvalue weighted by Gasteiger charge is 2.01. The Morgan fingerprint density at radius 3 is 2.50 bits per heavy atom. The normalized spacial score (nSPS) is 9.45. The summed E-state index contributed by atoms with van der Waals surface area (Å²) < 4.78 is 4.59. The molecule has 0 heterocycles. The monoisotopic (exact) mass is 264 g/mol. The molecule has 2 aromatic carbocycles. The van der Waals surface area contributed by atoms with E-state index in [-0.39, 0.29) is 5.97 Å². The van der Waals surface area contributed by atoms with Crippen LogP contribution in [0.4, 0.5) is 0 Å². The van der Waals surface area contributed by atoms with Gasteiger partial charge in [0.2, 0.25) is 0 Å². The van der Waals surface area contributed by atoms with Crippen molar-refractivity contribution < 1.29 is 9.53 Å². The van der Waals surface area contributed by atoms with Crippen molar-refractivity contribution in [1.82, 2.24) is 0 Å². The summed E-state index contributed by atoms with van der Waals surface area (Å²) in [6, 6.07) is 18.2. The van der Waals surface area contributed by atoms with E-state index < -0.39 is 0 Å². The number of rotatable bonds is 3. The fourth-order valence-electron chi connectivity index (χ4n) is 1.89. The zero-order valence-electron chi connectivity index (χ0n) is 11.4. The number of hydrogen-bond donors (Lipinski definition) is 0. The summed E-state index contributed by atoms with van der Waals surface area (Å²) in [6.07, 6.45) is 0.840. The molecule has 0 N–H and O–H groups in total. The van der Waals surface area contributed by atoms with Gasteiger partial charge in [-0.15, -0.1) is 0 Å². The molecule has 0 saturated heterocycles. The van der Waals surface area contributed by atoms with Gasteiger partial charge in [-0.05, 0) is 17.2 Å². The van der Waals surface area contributed by atoms with Crippen LogP contribution in [0.25, 0.3) is 11.1 Å². The highest BCUT2D eigenvalue weighted by molar-refractivity contribution is 5.71. The standard InChI is InChI=1S/C18H16O2/c1-20-18(19)14-8-6-12-16-11-5-7-13-17(16)15-9-3-2-4-10-15/h2-5,7,9-11,13H,8,14H2,1H3. The van der Waals surface area contributed by atoms with Gasteiger partial charge in [0.05, 0.1) is 13.5 Å². The summed E-state index contributed by atoms with van der Waals surface area (Å²) in [5.74, 6) is 5.93. The van der Waals surface area contributed by atoms with Crippen molar-refractivity contribution in [2.45, 2.75) is 12.8 Å². The Morgan fingerprint density at radius 1 is 1.05 bits per heavy atom. The fraction of sp³-hybridized carbons (Fsp3) is 0.167. The number of ether oxygens (including phenoxy) is 1. The molecule has 0 aliphatic rings. The highest BCUT2D eigenvalue weighted by Crippen LogP contribution is 2.22. The number of hydrogen-bond acceptors (Lipinski definition) is 2. The molecule has 0 radical (unpaired) electrons. The molecule has 0 atom stereocenters. The van der Waals surface area contributed by atoms with E-state index in [1.807, 2.05) is 36.4 Å². The molecule has 0 aliphatic heterocycles. The Morgan fingerprint density at radius 2 is 1.75 bits per heavy atom. The first kappa shape index (κ1) is 13.9. The van der Waals surface area contributed by atoms with Crippen molar-refractivity contribution in [3.05, 3.63) is 60.2 Å². The molecule has 2 aromatic rings. The maximum absolute atomic E-state index is 11.0. The second-order valence-electron chi connectivity index (χ2n) is 4.29. The van der Waals surface area contributed by atoms with Gasteiger partial charge in [-0.3, -0.25) is 4.79 Å². The van der Waals surface area contributed by atoms with Crippen LogP contribution in [-0.4, -0.2) is 13.1 Å². The van der Waals surface area contributed by atoms with E-state index in [1.165, 1.54) is 7.11 Å². The molecule has 0 fully saturated rings. The molecule has 0 bridgehead atoms. The van der Waals surface area contributed by atoms with Gasteiger partial charge in [-0.1, -0.05) is 60.4 Å². The van der Waals surface area contributed by atoms with Gasteiger partial charge in [0, 0.05) is 12.0 Å². The van der Waals surface area contributed by atoms with Gasteiger partial charge in [-0.2, -0.15) is 0 Å². The largest absolute Gasteiger partial charge is 0.469 e. The summed E-state index contributed by atoms with van der Waals surface area (Å²) in [5.41, 5.74) is 3.23. The lowest BCUT2D eigenvalue weighted by Gasteiger charge is -2.04. The predicted octanol–water partition coefficient (Wildman–Crippen LogP) is 3.66. The maximum Gasteiger partial charge on any atom is 0.306 e. The smallest absolute Gasteiger partial charge is 0.306 e. The van der Waals surface area contributed by atoms with Crippen LogP contribution in [0.3, 0.4) is 0 Å². The van der Waals surface area contributed by atoms with Crippen LogP contribution in [-0.2, 0) is 9.53 Å². The molecule has 100 valence electrons. The molecule has 0 amide bonds. The Hall–Kier alpha value is -2.53. The van der Waals surface area contributed by atoms with Crippen LogP contribution in [0.5, 0.6) is 0 Å². The molecular weight excluding hydrogens is 248 g/mol. The Balaban J connectivity index is 2.17. The van der Waals surface area contributed by atoms with E-state index in [0.717, 1.165) is 16.7 Å². The molecule has 0 spiro atoms. The second kappa shape index (κ2) is 7.16. The first-order valence-corrected chi connectivity index (χ1v) is 6.51. The van der Waals surface area contributed by atoms with E-state index >= 15 is 0 Å². The van der Waals surface area contributed by atoms with Crippen LogP contribution in [0.2, 0.25) is 0 Å². The second-order valence-corrected chi connectivity index (χ2v) is 4.29. The van der Waals surface area contributed by atoms with Gasteiger partial charge in [0.1, 0.15) is 0 Å². The average molecular weight is 264 g/mol. The minimum Gasteiger partial charge on any atom is -0.469 e. The Labute approximate surface area is 119 Å². The van der Waals surface area contributed by atoms with Crippen molar-refractivity contribution in [1.29, 1.82) is 0 Å². The first-order chi connectivity index (χ1) is 9.81. The van der Waals surface area contributed by atoms with E-state index in [0.29, 0.717) is 12.8 Å². The van der Waals surface area contributed by atoms with Crippen LogP contribution in [0.15, 0.2) is 54.6 Å². The Kier molecular flexibility index (Phi) is 4.97. The summed E-state index contributed by atoms with van der Waals surface area (Å²) in [6.45, 7) is 0. The number of carbonyl (C=O) groups is 1. The lowest BCUT2D eigenvalue weighted by Crippen LogP contribution is -1.98. The molecule has 2 heteroatoms. The fourth-order valence-corrected chi connectivity index (χ4v) is 1.89. The molecule has 0 aromatic heterocycles. The van der Waals surface area contributed by atoms with Crippen LogP contribution < -0.4 is 0 Å². The van der Waals surface area contributed by atoms with Gasteiger partial charge >= 0.3 is 5.97 Å². The van der Waals surface area contributed by atoms with Crippen LogP contribution >= 0.6 is 0 Å². The summed E-state index contributed by atoms with van der Waals surface area (Å²) in [5, 5.41) is 0. The predicted molar refractivity (Wildman–Crippen MR) is 80.0 cm³/mol. The quantitative estimate of drug-likeness (QED) is 0.624. The molecule has 20 heavy (non-hydrogen) atoms. The highest BCUT2D eigenvalue weighted by atomic mass is 16.5. The van der Waals surface area contributed by atoms with Crippen molar-refractivity contribution in [3.8, 4) is 23.0 Å². The lowest BCUT2D eigenvalue weighted by atomic mass is 10.00. The summed E-state index contributed by atoms with van der Waals surface area (Å²) in [4.78, 5) is 11.0. The van der Waals surface area contributed by atoms with Gasteiger partial charge in [-0.25, -0.2) is 0 Å². The van der Waals surface area contributed by atoms with E-state index in [2.05, 4.69) is 34.8 Å². The molecule has 2 nitrogen and oxygen atoms in total. The van der Waals surface area contributed by atoms with E-state index in [1.54, 1.807) is 0 Å². The average Bonchev–Trinajstić information content (AvgIpc) is 2.52. The third-order valence-corrected chi connectivity index (χ3v) is 2.92. The molecule has 0 unspecified atom stereocenters. The maximum atomic E-state index is 11.0. The lowest BCUT2D eigenvalue weighted by molar-refractivity contribution is -0.140. The number of methoxy groups -OCH3 is 1.